The van der Waals surface area contributed by atoms with Crippen molar-refractivity contribution in [2.45, 2.75) is 25.5 Å². The molecule has 1 aromatic carbocycles. The minimum Gasteiger partial charge on any atom is -0.488 e. The minimum absolute atomic E-state index is 0.249. The highest BCUT2D eigenvalue weighted by Gasteiger charge is 2.23. The van der Waals surface area contributed by atoms with Gasteiger partial charge in [0.15, 0.2) is 0 Å². The van der Waals surface area contributed by atoms with Crippen LogP contribution in [0.1, 0.15) is 23.4 Å². The third kappa shape index (κ3) is 2.86. The van der Waals surface area contributed by atoms with Gasteiger partial charge < -0.3 is 10.1 Å². The number of rotatable bonds is 4. The molecule has 2 aromatic rings. The summed E-state index contributed by atoms with van der Waals surface area (Å²) in [7, 11) is 0. The van der Waals surface area contributed by atoms with Gasteiger partial charge in [0, 0.05) is 28.4 Å². The molecule has 0 aliphatic carbocycles. The van der Waals surface area contributed by atoms with E-state index in [9.17, 15) is 0 Å². The molecule has 4 heteroatoms. The second kappa shape index (κ2) is 5.65. The molecule has 0 saturated carbocycles. The second-order valence-corrected chi connectivity index (χ2v) is 6.62. The molecule has 0 spiro atoms. The van der Waals surface area contributed by atoms with Crippen LogP contribution in [-0.4, -0.2) is 12.6 Å². The highest BCUT2D eigenvalue weighted by Crippen LogP contribution is 2.30. The van der Waals surface area contributed by atoms with Crippen molar-refractivity contribution in [2.75, 3.05) is 6.54 Å². The molecule has 0 bridgehead atoms. The van der Waals surface area contributed by atoms with Crippen molar-refractivity contribution >= 4 is 27.3 Å². The summed E-state index contributed by atoms with van der Waals surface area (Å²) >= 11 is 5.36. The maximum atomic E-state index is 5.93. The van der Waals surface area contributed by atoms with Gasteiger partial charge in [0.1, 0.15) is 11.9 Å². The molecule has 2 unspecified atom stereocenters. The highest BCUT2D eigenvalue weighted by molar-refractivity contribution is 9.10. The number of benzene rings is 1. The lowest BCUT2D eigenvalue weighted by Crippen LogP contribution is -2.31. The molecule has 19 heavy (non-hydrogen) atoms. The molecule has 1 aliphatic rings. The molecule has 1 aliphatic heterocycles. The summed E-state index contributed by atoms with van der Waals surface area (Å²) in [6.45, 7) is 3.07. The lowest BCUT2D eigenvalue weighted by molar-refractivity contribution is 0.223. The van der Waals surface area contributed by atoms with Gasteiger partial charge in [-0.3, -0.25) is 0 Å². The fourth-order valence-corrected chi connectivity index (χ4v) is 4.13. The van der Waals surface area contributed by atoms with Gasteiger partial charge in [0.25, 0.3) is 0 Å². The van der Waals surface area contributed by atoms with Gasteiger partial charge in [0.05, 0.1) is 0 Å². The second-order valence-electron chi connectivity index (χ2n) is 4.81. The summed E-state index contributed by atoms with van der Waals surface area (Å²) in [6.07, 6.45) is 1.25. The lowest BCUT2D eigenvalue weighted by atomic mass is 10.1. The molecule has 0 fully saturated rings. The molecule has 100 valence electrons. The molecule has 0 amide bonds. The number of para-hydroxylation sites is 1. The molecule has 0 radical (unpaired) electrons. The molecule has 3 rings (SSSR count). The zero-order valence-electron chi connectivity index (χ0n) is 10.7. The van der Waals surface area contributed by atoms with Crippen LogP contribution in [-0.2, 0) is 6.42 Å². The Labute approximate surface area is 125 Å². The summed E-state index contributed by atoms with van der Waals surface area (Å²) < 4.78 is 7.12. The van der Waals surface area contributed by atoms with Gasteiger partial charge in [0.2, 0.25) is 0 Å². The molecule has 1 N–H and O–H groups in total. The average Bonchev–Trinajstić information content (AvgIpc) is 3.01. The normalized spacial score (nSPS) is 18.9. The molecular formula is C15H16BrNOS. The zero-order valence-corrected chi connectivity index (χ0v) is 13.1. The first-order valence-corrected chi connectivity index (χ1v) is 8.12. The maximum absolute atomic E-state index is 5.93. The van der Waals surface area contributed by atoms with Gasteiger partial charge in [-0.15, -0.1) is 11.3 Å². The van der Waals surface area contributed by atoms with E-state index in [1.807, 2.05) is 6.07 Å². The Hall–Kier alpha value is -0.840. The predicted molar refractivity (Wildman–Crippen MR) is 83.0 cm³/mol. The summed E-state index contributed by atoms with van der Waals surface area (Å²) in [5.41, 5.74) is 1.32. The Kier molecular flexibility index (Phi) is 3.91. The van der Waals surface area contributed by atoms with Gasteiger partial charge in [-0.1, -0.05) is 18.2 Å². The lowest BCUT2D eigenvalue weighted by Gasteiger charge is -2.17. The van der Waals surface area contributed by atoms with Crippen molar-refractivity contribution in [1.29, 1.82) is 0 Å². The number of nitrogens with one attached hydrogen (secondary N) is 1. The topological polar surface area (TPSA) is 21.3 Å². The highest BCUT2D eigenvalue weighted by atomic mass is 79.9. The van der Waals surface area contributed by atoms with E-state index in [1.165, 1.54) is 14.9 Å². The van der Waals surface area contributed by atoms with Crippen LogP contribution < -0.4 is 10.1 Å². The van der Waals surface area contributed by atoms with Crippen LogP contribution in [0.25, 0.3) is 0 Å². The Morgan fingerprint density at radius 1 is 1.42 bits per heavy atom. The number of hydrogen-bond acceptors (Lipinski definition) is 3. The monoisotopic (exact) mass is 337 g/mol. The summed E-state index contributed by atoms with van der Waals surface area (Å²) in [4.78, 5) is 1.34. The fraction of sp³-hybridized carbons (Fsp3) is 0.333. The van der Waals surface area contributed by atoms with E-state index in [2.05, 4.69) is 57.8 Å². The third-order valence-electron chi connectivity index (χ3n) is 3.40. The standard InChI is InChI=1S/C15H16BrNOS/c1-10(15-13(16)6-7-19-15)17-9-12-8-11-4-2-3-5-14(11)18-12/h2-7,10,12,17H,8-9H2,1H3. The molecule has 0 saturated heterocycles. The van der Waals surface area contributed by atoms with Crippen molar-refractivity contribution in [1.82, 2.24) is 5.32 Å². The van der Waals surface area contributed by atoms with Crippen molar-refractivity contribution in [3.8, 4) is 5.75 Å². The van der Waals surface area contributed by atoms with Crippen molar-refractivity contribution in [2.24, 2.45) is 0 Å². The van der Waals surface area contributed by atoms with Crippen molar-refractivity contribution in [3.05, 3.63) is 50.6 Å². The van der Waals surface area contributed by atoms with E-state index < -0.39 is 0 Å². The summed E-state index contributed by atoms with van der Waals surface area (Å²) in [6, 6.07) is 10.7. The number of hydrogen-bond donors (Lipinski definition) is 1. The van der Waals surface area contributed by atoms with Crippen LogP contribution in [0.3, 0.4) is 0 Å². The Morgan fingerprint density at radius 2 is 2.26 bits per heavy atom. The van der Waals surface area contributed by atoms with Crippen LogP contribution in [0.15, 0.2) is 40.2 Å². The van der Waals surface area contributed by atoms with E-state index in [0.29, 0.717) is 6.04 Å². The fourth-order valence-electron chi connectivity index (χ4n) is 2.38. The van der Waals surface area contributed by atoms with Gasteiger partial charge in [-0.25, -0.2) is 0 Å². The van der Waals surface area contributed by atoms with Crippen LogP contribution in [0.5, 0.6) is 5.75 Å². The molecule has 2 atom stereocenters. The third-order valence-corrected chi connectivity index (χ3v) is 5.46. The van der Waals surface area contributed by atoms with Crippen LogP contribution in [0.4, 0.5) is 0 Å². The Morgan fingerprint density at radius 3 is 3.00 bits per heavy atom. The van der Waals surface area contributed by atoms with Crippen molar-refractivity contribution < 1.29 is 4.74 Å². The molecular weight excluding hydrogens is 322 g/mol. The van der Waals surface area contributed by atoms with Gasteiger partial charge in [-0.05, 0) is 45.9 Å². The van der Waals surface area contributed by atoms with E-state index in [4.69, 9.17) is 4.74 Å². The van der Waals surface area contributed by atoms with E-state index in [1.54, 1.807) is 11.3 Å². The minimum atomic E-state index is 0.249. The molecule has 1 aromatic heterocycles. The zero-order chi connectivity index (χ0) is 13.2. The first kappa shape index (κ1) is 13.2. The Balaban J connectivity index is 1.56. The van der Waals surface area contributed by atoms with Gasteiger partial charge in [-0.2, -0.15) is 0 Å². The maximum Gasteiger partial charge on any atom is 0.123 e. The molecule has 2 nitrogen and oxygen atoms in total. The quantitative estimate of drug-likeness (QED) is 0.904. The number of ether oxygens (including phenoxy) is 1. The first-order chi connectivity index (χ1) is 9.24. The average molecular weight is 338 g/mol. The SMILES string of the molecule is CC(NCC1Cc2ccccc2O1)c1sccc1Br. The van der Waals surface area contributed by atoms with E-state index in [-0.39, 0.29) is 6.10 Å². The van der Waals surface area contributed by atoms with Crippen LogP contribution >= 0.6 is 27.3 Å². The Bertz CT molecular complexity index is 544. The van der Waals surface area contributed by atoms with Gasteiger partial charge >= 0.3 is 0 Å². The van der Waals surface area contributed by atoms with Crippen LogP contribution in [0.2, 0.25) is 0 Å². The number of halogens is 1. The first-order valence-electron chi connectivity index (χ1n) is 6.45. The predicted octanol–water partition coefficient (Wildman–Crippen LogP) is 4.16. The van der Waals surface area contributed by atoms with E-state index in [0.717, 1.165) is 18.7 Å². The number of fused-ring (bicyclic) bond motifs is 1. The smallest absolute Gasteiger partial charge is 0.123 e. The van der Waals surface area contributed by atoms with E-state index >= 15 is 0 Å². The summed E-state index contributed by atoms with van der Waals surface area (Å²) in [5.74, 6) is 1.04. The molecule has 2 heterocycles. The van der Waals surface area contributed by atoms with Crippen LogP contribution in [0, 0.1) is 0 Å². The summed E-state index contributed by atoms with van der Waals surface area (Å²) in [5, 5.41) is 5.67. The number of thiophene rings is 1. The van der Waals surface area contributed by atoms with Crippen molar-refractivity contribution in [3.63, 3.8) is 0 Å². The largest absolute Gasteiger partial charge is 0.488 e.